The Morgan fingerprint density at radius 3 is 2.95 bits per heavy atom. The van der Waals surface area contributed by atoms with Crippen LogP contribution in [0.25, 0.3) is 17.2 Å². The van der Waals surface area contributed by atoms with Crippen LogP contribution in [-0.2, 0) is 4.74 Å². The molecular weight excluding hydrogens is 270 g/mol. The molecular formula is C12H8ClN3O3. The van der Waals surface area contributed by atoms with E-state index in [1.807, 2.05) is 0 Å². The zero-order valence-electron chi connectivity index (χ0n) is 9.83. The molecule has 0 bridgehead atoms. The van der Waals surface area contributed by atoms with Crippen LogP contribution in [0.15, 0.2) is 34.9 Å². The van der Waals surface area contributed by atoms with E-state index in [9.17, 15) is 4.79 Å². The summed E-state index contributed by atoms with van der Waals surface area (Å²) < 4.78 is 11.4. The van der Waals surface area contributed by atoms with Crippen LogP contribution >= 0.6 is 11.6 Å². The molecule has 0 saturated heterocycles. The first-order valence-corrected chi connectivity index (χ1v) is 5.76. The van der Waals surface area contributed by atoms with Crippen LogP contribution in [0.5, 0.6) is 0 Å². The molecule has 0 fully saturated rings. The maximum absolute atomic E-state index is 11.6. The number of methoxy groups -OCH3 is 1. The fraction of sp³-hybridized carbons (Fsp3) is 0.0833. The summed E-state index contributed by atoms with van der Waals surface area (Å²) in [6.45, 7) is 0. The molecule has 3 aromatic heterocycles. The molecule has 3 rings (SSSR count). The monoisotopic (exact) mass is 277 g/mol. The van der Waals surface area contributed by atoms with Crippen molar-refractivity contribution in [3.63, 3.8) is 0 Å². The second-order valence-electron chi connectivity index (χ2n) is 3.72. The van der Waals surface area contributed by atoms with Gasteiger partial charge in [-0.15, -0.1) is 5.10 Å². The van der Waals surface area contributed by atoms with Crippen molar-refractivity contribution in [3.8, 4) is 11.6 Å². The molecule has 0 unspecified atom stereocenters. The highest BCUT2D eigenvalue weighted by atomic mass is 35.5. The van der Waals surface area contributed by atoms with Crippen LogP contribution < -0.4 is 0 Å². The van der Waals surface area contributed by atoms with E-state index >= 15 is 0 Å². The quantitative estimate of drug-likeness (QED) is 0.673. The summed E-state index contributed by atoms with van der Waals surface area (Å²) in [6.07, 6.45) is 1.68. The average Bonchev–Trinajstić information content (AvgIpc) is 3.02. The van der Waals surface area contributed by atoms with Crippen LogP contribution in [-0.4, -0.2) is 27.7 Å². The first-order valence-electron chi connectivity index (χ1n) is 5.38. The third kappa shape index (κ3) is 1.96. The van der Waals surface area contributed by atoms with Crippen molar-refractivity contribution < 1.29 is 13.9 Å². The summed E-state index contributed by atoms with van der Waals surface area (Å²) in [5.74, 6) is 0.315. The van der Waals surface area contributed by atoms with Gasteiger partial charge in [-0.2, -0.15) is 0 Å². The standard InChI is InChI=1S/C12H8ClN3O3/c1-18-12(17)7-3-2-6-16-11(7)14-10(15-16)8-4-5-9(13)19-8/h2-6H,1H3. The Labute approximate surface area is 112 Å². The van der Waals surface area contributed by atoms with Crippen molar-refractivity contribution in [3.05, 3.63) is 41.2 Å². The molecule has 0 N–H and O–H groups in total. The van der Waals surface area contributed by atoms with Crippen molar-refractivity contribution in [2.75, 3.05) is 7.11 Å². The van der Waals surface area contributed by atoms with Crippen LogP contribution in [0.2, 0.25) is 5.22 Å². The molecule has 0 aliphatic carbocycles. The number of carbonyl (C=O) groups excluding carboxylic acids is 1. The van der Waals surface area contributed by atoms with E-state index in [-0.39, 0.29) is 5.22 Å². The van der Waals surface area contributed by atoms with Crippen molar-refractivity contribution in [1.29, 1.82) is 0 Å². The molecule has 0 aromatic carbocycles. The minimum absolute atomic E-state index is 0.252. The lowest BCUT2D eigenvalue weighted by molar-refractivity contribution is 0.0602. The van der Waals surface area contributed by atoms with E-state index in [2.05, 4.69) is 10.1 Å². The Balaban J connectivity index is 2.18. The number of nitrogens with zero attached hydrogens (tertiary/aromatic N) is 3. The second kappa shape index (κ2) is 4.40. The largest absolute Gasteiger partial charge is 0.465 e. The number of hydrogen-bond donors (Lipinski definition) is 0. The number of esters is 1. The molecule has 96 valence electrons. The van der Waals surface area contributed by atoms with Gasteiger partial charge in [0, 0.05) is 6.20 Å². The van der Waals surface area contributed by atoms with E-state index < -0.39 is 5.97 Å². The first kappa shape index (κ1) is 11.7. The Hall–Kier alpha value is -2.34. The van der Waals surface area contributed by atoms with Gasteiger partial charge in [-0.3, -0.25) is 0 Å². The summed E-state index contributed by atoms with van der Waals surface area (Å²) in [5, 5.41) is 4.47. The fourth-order valence-corrected chi connectivity index (χ4v) is 1.86. The van der Waals surface area contributed by atoms with E-state index in [1.165, 1.54) is 11.6 Å². The Bertz CT molecular complexity index is 763. The summed E-state index contributed by atoms with van der Waals surface area (Å²) in [7, 11) is 1.31. The lowest BCUT2D eigenvalue weighted by Gasteiger charge is -1.98. The van der Waals surface area contributed by atoms with Gasteiger partial charge in [-0.25, -0.2) is 14.3 Å². The summed E-state index contributed by atoms with van der Waals surface area (Å²) in [5.41, 5.74) is 0.735. The molecule has 0 radical (unpaired) electrons. The van der Waals surface area contributed by atoms with E-state index in [1.54, 1.807) is 30.5 Å². The molecule has 0 atom stereocenters. The van der Waals surface area contributed by atoms with E-state index in [4.69, 9.17) is 20.8 Å². The summed E-state index contributed by atoms with van der Waals surface area (Å²) in [4.78, 5) is 15.9. The highest BCUT2D eigenvalue weighted by Crippen LogP contribution is 2.23. The maximum Gasteiger partial charge on any atom is 0.341 e. The van der Waals surface area contributed by atoms with Crippen LogP contribution in [0, 0.1) is 0 Å². The number of hydrogen-bond acceptors (Lipinski definition) is 5. The zero-order valence-corrected chi connectivity index (χ0v) is 10.6. The van der Waals surface area contributed by atoms with Crippen molar-refractivity contribution in [1.82, 2.24) is 14.6 Å². The molecule has 0 aliphatic heterocycles. The van der Waals surface area contributed by atoms with Gasteiger partial charge >= 0.3 is 5.97 Å². The molecule has 0 amide bonds. The van der Waals surface area contributed by atoms with Gasteiger partial charge < -0.3 is 9.15 Å². The minimum Gasteiger partial charge on any atom is -0.465 e. The smallest absolute Gasteiger partial charge is 0.341 e. The predicted octanol–water partition coefficient (Wildman–Crippen LogP) is 2.43. The normalized spacial score (nSPS) is 10.8. The Kier molecular flexibility index (Phi) is 2.72. The fourth-order valence-electron chi connectivity index (χ4n) is 1.71. The number of furan rings is 1. The van der Waals surface area contributed by atoms with Crippen LogP contribution in [0.1, 0.15) is 10.4 Å². The van der Waals surface area contributed by atoms with Gasteiger partial charge in [0.1, 0.15) is 5.56 Å². The van der Waals surface area contributed by atoms with Gasteiger partial charge in [0.15, 0.2) is 16.6 Å². The van der Waals surface area contributed by atoms with Gasteiger partial charge in [0.2, 0.25) is 5.82 Å². The molecule has 6 nitrogen and oxygen atoms in total. The summed E-state index contributed by atoms with van der Waals surface area (Å²) >= 11 is 5.71. The van der Waals surface area contributed by atoms with E-state index in [0.29, 0.717) is 22.8 Å². The maximum atomic E-state index is 11.6. The molecule has 19 heavy (non-hydrogen) atoms. The lowest BCUT2D eigenvalue weighted by Crippen LogP contribution is -2.04. The lowest BCUT2D eigenvalue weighted by atomic mass is 10.3. The third-order valence-electron chi connectivity index (χ3n) is 2.56. The molecule has 0 aliphatic rings. The van der Waals surface area contributed by atoms with Crippen LogP contribution in [0.4, 0.5) is 0 Å². The van der Waals surface area contributed by atoms with Gasteiger partial charge in [-0.1, -0.05) is 0 Å². The average molecular weight is 278 g/mol. The highest BCUT2D eigenvalue weighted by Gasteiger charge is 2.16. The highest BCUT2D eigenvalue weighted by molar-refractivity contribution is 6.28. The molecule has 3 heterocycles. The van der Waals surface area contributed by atoms with Gasteiger partial charge in [0.05, 0.1) is 7.11 Å². The topological polar surface area (TPSA) is 69.6 Å². The number of carbonyl (C=O) groups is 1. The van der Waals surface area contributed by atoms with Gasteiger partial charge in [0.25, 0.3) is 0 Å². The number of rotatable bonds is 2. The minimum atomic E-state index is -0.470. The number of aromatic nitrogens is 3. The van der Waals surface area contributed by atoms with E-state index in [0.717, 1.165) is 0 Å². The number of halogens is 1. The molecule has 0 saturated carbocycles. The molecule has 7 heteroatoms. The SMILES string of the molecule is COC(=O)c1cccn2nc(-c3ccc(Cl)o3)nc12. The predicted molar refractivity (Wildman–Crippen MR) is 67.0 cm³/mol. The van der Waals surface area contributed by atoms with Gasteiger partial charge in [-0.05, 0) is 35.9 Å². The van der Waals surface area contributed by atoms with Crippen LogP contribution in [0.3, 0.4) is 0 Å². The Morgan fingerprint density at radius 2 is 2.26 bits per heavy atom. The number of ether oxygens (including phenoxy) is 1. The number of fused-ring (bicyclic) bond motifs is 1. The zero-order chi connectivity index (χ0) is 13.4. The molecule has 0 spiro atoms. The second-order valence-corrected chi connectivity index (χ2v) is 4.09. The van der Waals surface area contributed by atoms with Crippen molar-refractivity contribution in [2.24, 2.45) is 0 Å². The van der Waals surface area contributed by atoms with Crippen molar-refractivity contribution >= 4 is 23.2 Å². The first-order chi connectivity index (χ1) is 9.19. The third-order valence-corrected chi connectivity index (χ3v) is 2.76. The number of pyridine rings is 1. The van der Waals surface area contributed by atoms with Crippen molar-refractivity contribution in [2.45, 2.75) is 0 Å². The molecule has 3 aromatic rings. The summed E-state index contributed by atoms with van der Waals surface area (Å²) in [6, 6.07) is 6.57. The Morgan fingerprint density at radius 1 is 1.42 bits per heavy atom.